The summed E-state index contributed by atoms with van der Waals surface area (Å²) in [6.45, 7) is 4.35. The van der Waals surface area contributed by atoms with E-state index in [0.29, 0.717) is 23.8 Å². The smallest absolute Gasteiger partial charge is 0.263 e. The molecule has 0 fully saturated rings. The maximum atomic E-state index is 12.4. The van der Waals surface area contributed by atoms with E-state index in [1.807, 2.05) is 55.5 Å². The quantitative estimate of drug-likeness (QED) is 0.580. The van der Waals surface area contributed by atoms with Crippen molar-refractivity contribution in [3.8, 4) is 28.4 Å². The average Bonchev–Trinajstić information content (AvgIpc) is 2.76. The van der Waals surface area contributed by atoms with Gasteiger partial charge in [-0.05, 0) is 60.0 Å². The van der Waals surface area contributed by atoms with Gasteiger partial charge in [0.05, 0.1) is 14.2 Å². The first kappa shape index (κ1) is 20.5. The molecule has 3 aromatic rings. The van der Waals surface area contributed by atoms with Crippen LogP contribution in [0.3, 0.4) is 0 Å². The third kappa shape index (κ3) is 4.45. The van der Waals surface area contributed by atoms with Gasteiger partial charge in [-0.3, -0.25) is 4.79 Å². The lowest BCUT2D eigenvalue weighted by Gasteiger charge is -2.21. The van der Waals surface area contributed by atoms with Crippen molar-refractivity contribution in [2.45, 2.75) is 20.0 Å². The highest BCUT2D eigenvalue weighted by molar-refractivity contribution is 5.98. The minimum Gasteiger partial charge on any atom is -0.497 e. The number of benzene rings is 3. The monoisotopic (exact) mass is 393 g/mol. The summed E-state index contributed by atoms with van der Waals surface area (Å²) < 4.78 is 16.9. The lowest BCUT2D eigenvalue weighted by molar-refractivity contribution is -0.136. The van der Waals surface area contributed by atoms with Crippen LogP contribution in [0.2, 0.25) is 0 Å². The lowest BCUT2D eigenvalue weighted by atomic mass is 9.97. The van der Waals surface area contributed by atoms with E-state index in [4.69, 9.17) is 14.2 Å². The topological polar surface area (TPSA) is 48.0 Å². The normalized spacial score (nSPS) is 11.8. The summed E-state index contributed by atoms with van der Waals surface area (Å²) in [4.78, 5) is 14.1. The number of ether oxygens (including phenoxy) is 3. The number of fused-ring (bicyclic) bond motifs is 1. The maximum Gasteiger partial charge on any atom is 0.263 e. The van der Waals surface area contributed by atoms with Gasteiger partial charge in [-0.25, -0.2) is 0 Å². The molecule has 0 saturated heterocycles. The van der Waals surface area contributed by atoms with Crippen LogP contribution in [0.15, 0.2) is 54.6 Å². The molecule has 1 amide bonds. The van der Waals surface area contributed by atoms with E-state index in [1.165, 1.54) is 0 Å². The van der Waals surface area contributed by atoms with Crippen LogP contribution in [0.1, 0.15) is 13.8 Å². The zero-order valence-corrected chi connectivity index (χ0v) is 17.6. The van der Waals surface area contributed by atoms with Crippen LogP contribution in [0, 0.1) is 0 Å². The van der Waals surface area contributed by atoms with E-state index in [-0.39, 0.29) is 5.91 Å². The van der Waals surface area contributed by atoms with Gasteiger partial charge in [-0.1, -0.05) is 24.3 Å². The van der Waals surface area contributed by atoms with Gasteiger partial charge in [-0.15, -0.1) is 0 Å². The first-order valence-corrected chi connectivity index (χ1v) is 9.64. The molecule has 1 unspecified atom stereocenters. The molecule has 1 atom stereocenters. The number of hydrogen-bond acceptors (Lipinski definition) is 4. The van der Waals surface area contributed by atoms with Crippen LogP contribution in [-0.2, 0) is 4.79 Å². The highest BCUT2D eigenvalue weighted by atomic mass is 16.5. The first-order chi connectivity index (χ1) is 14.0. The number of methoxy groups -OCH3 is 2. The Kier molecular flexibility index (Phi) is 6.27. The van der Waals surface area contributed by atoms with E-state index in [0.717, 1.165) is 21.9 Å². The van der Waals surface area contributed by atoms with Gasteiger partial charge in [0.25, 0.3) is 5.91 Å². The summed E-state index contributed by atoms with van der Waals surface area (Å²) in [6, 6.07) is 17.8. The third-order valence-electron chi connectivity index (χ3n) is 5.01. The van der Waals surface area contributed by atoms with E-state index in [2.05, 4.69) is 6.07 Å². The number of carbonyl (C=O) groups excluding carboxylic acids is 1. The molecule has 0 aliphatic carbocycles. The van der Waals surface area contributed by atoms with E-state index in [9.17, 15) is 4.79 Å². The minimum absolute atomic E-state index is 0.0507. The SMILES string of the molecule is CCN(C)C(=O)C(C)Oc1cc(-c2cc(OC)cc(OC)c2)c2ccccc2c1. The highest BCUT2D eigenvalue weighted by Gasteiger charge is 2.19. The Balaban J connectivity index is 2.09. The van der Waals surface area contributed by atoms with E-state index in [1.54, 1.807) is 33.1 Å². The highest BCUT2D eigenvalue weighted by Crippen LogP contribution is 2.37. The Bertz CT molecular complexity index is 993. The van der Waals surface area contributed by atoms with Crippen LogP contribution in [0.25, 0.3) is 21.9 Å². The molecule has 29 heavy (non-hydrogen) atoms. The van der Waals surface area contributed by atoms with Crippen LogP contribution in [0.4, 0.5) is 0 Å². The van der Waals surface area contributed by atoms with Gasteiger partial charge >= 0.3 is 0 Å². The Labute approximate surface area is 171 Å². The Morgan fingerprint density at radius 3 is 2.24 bits per heavy atom. The van der Waals surface area contributed by atoms with Crippen molar-refractivity contribution in [3.63, 3.8) is 0 Å². The predicted molar refractivity (Wildman–Crippen MR) is 116 cm³/mol. The number of amides is 1. The lowest BCUT2D eigenvalue weighted by Crippen LogP contribution is -2.37. The largest absolute Gasteiger partial charge is 0.497 e. The van der Waals surface area contributed by atoms with Crippen LogP contribution >= 0.6 is 0 Å². The van der Waals surface area contributed by atoms with Crippen molar-refractivity contribution in [1.29, 1.82) is 0 Å². The Morgan fingerprint density at radius 1 is 0.966 bits per heavy atom. The minimum atomic E-state index is -0.575. The summed E-state index contributed by atoms with van der Waals surface area (Å²) in [5, 5.41) is 2.12. The Hall–Kier alpha value is -3.21. The molecule has 0 radical (unpaired) electrons. The molecule has 0 saturated carbocycles. The van der Waals surface area contributed by atoms with E-state index < -0.39 is 6.10 Å². The molecule has 0 aromatic heterocycles. The zero-order chi connectivity index (χ0) is 21.0. The molecule has 0 aliphatic rings. The van der Waals surface area contributed by atoms with Crippen molar-refractivity contribution in [1.82, 2.24) is 4.90 Å². The molecule has 0 bridgehead atoms. The molecule has 0 spiro atoms. The molecule has 3 aromatic carbocycles. The maximum absolute atomic E-state index is 12.4. The fourth-order valence-corrected chi connectivity index (χ4v) is 3.27. The van der Waals surface area contributed by atoms with Crippen LogP contribution in [0.5, 0.6) is 17.2 Å². The molecular formula is C24H27NO4. The average molecular weight is 393 g/mol. The second-order valence-corrected chi connectivity index (χ2v) is 6.91. The summed E-state index contributed by atoms with van der Waals surface area (Å²) in [5.41, 5.74) is 1.94. The van der Waals surface area contributed by atoms with Gasteiger partial charge in [0.1, 0.15) is 17.2 Å². The van der Waals surface area contributed by atoms with Gasteiger partial charge in [-0.2, -0.15) is 0 Å². The molecule has 5 nitrogen and oxygen atoms in total. The van der Waals surface area contributed by atoms with Gasteiger partial charge in [0.2, 0.25) is 0 Å². The second-order valence-electron chi connectivity index (χ2n) is 6.91. The van der Waals surface area contributed by atoms with Crippen LogP contribution < -0.4 is 14.2 Å². The summed E-state index contributed by atoms with van der Waals surface area (Å²) in [7, 11) is 5.04. The third-order valence-corrected chi connectivity index (χ3v) is 5.01. The zero-order valence-electron chi connectivity index (χ0n) is 17.6. The van der Waals surface area contributed by atoms with Crippen molar-refractivity contribution < 1.29 is 19.0 Å². The van der Waals surface area contributed by atoms with Crippen molar-refractivity contribution >= 4 is 16.7 Å². The number of nitrogens with zero attached hydrogens (tertiary/aromatic N) is 1. The van der Waals surface area contributed by atoms with Gasteiger partial charge in [0, 0.05) is 19.7 Å². The van der Waals surface area contributed by atoms with Crippen molar-refractivity contribution in [3.05, 3.63) is 54.6 Å². The molecule has 0 aliphatic heterocycles. The van der Waals surface area contributed by atoms with Crippen molar-refractivity contribution in [2.75, 3.05) is 27.8 Å². The van der Waals surface area contributed by atoms with Crippen LogP contribution in [-0.4, -0.2) is 44.7 Å². The molecule has 5 heteroatoms. The van der Waals surface area contributed by atoms with Gasteiger partial charge in [0.15, 0.2) is 6.10 Å². The van der Waals surface area contributed by atoms with Gasteiger partial charge < -0.3 is 19.1 Å². The van der Waals surface area contributed by atoms with E-state index >= 15 is 0 Å². The standard InChI is InChI=1S/C24H27NO4/c1-6-25(3)24(26)16(2)29-21-11-17-9-7-8-10-22(17)23(15-21)18-12-19(27-4)14-20(13-18)28-5/h7-16H,6H2,1-5H3. The molecule has 152 valence electrons. The fourth-order valence-electron chi connectivity index (χ4n) is 3.27. The molecule has 0 N–H and O–H groups in total. The molecule has 3 rings (SSSR count). The fraction of sp³-hybridized carbons (Fsp3) is 0.292. The number of hydrogen-bond donors (Lipinski definition) is 0. The summed E-state index contributed by atoms with van der Waals surface area (Å²) in [6.07, 6.45) is -0.575. The number of carbonyl (C=O) groups is 1. The van der Waals surface area contributed by atoms with Crippen molar-refractivity contribution in [2.24, 2.45) is 0 Å². The summed E-state index contributed by atoms with van der Waals surface area (Å²) in [5.74, 6) is 2.02. The molecule has 0 heterocycles. The number of likely N-dealkylation sites (N-methyl/N-ethyl adjacent to an activating group) is 1. The number of rotatable bonds is 7. The summed E-state index contributed by atoms with van der Waals surface area (Å²) >= 11 is 0. The Morgan fingerprint density at radius 2 is 1.62 bits per heavy atom. The predicted octanol–water partition coefficient (Wildman–Crippen LogP) is 4.77. The first-order valence-electron chi connectivity index (χ1n) is 9.64. The second kappa shape index (κ2) is 8.86. The molecular weight excluding hydrogens is 366 g/mol.